The van der Waals surface area contributed by atoms with Crippen LogP contribution in [0.5, 0.6) is 5.75 Å². The number of halogens is 3. The molecule has 0 spiro atoms. The molecule has 1 saturated carbocycles. The number of carbonyl (C=O) groups is 1. The van der Waals surface area contributed by atoms with E-state index in [-0.39, 0.29) is 17.9 Å². The topological polar surface area (TPSA) is 77.1 Å². The maximum atomic E-state index is 12.7. The monoisotopic (exact) mass is 459 g/mol. The Bertz CT molecular complexity index is 1070. The highest BCUT2D eigenvalue weighted by molar-refractivity contribution is 5.69. The molecular formula is C24H24F3N3O3. The van der Waals surface area contributed by atoms with Crippen molar-refractivity contribution in [3.8, 4) is 28.4 Å². The van der Waals surface area contributed by atoms with Crippen molar-refractivity contribution in [3.05, 3.63) is 54.5 Å². The zero-order chi connectivity index (χ0) is 23.4. The van der Waals surface area contributed by atoms with Crippen LogP contribution in [0, 0.1) is 5.92 Å². The van der Waals surface area contributed by atoms with Crippen LogP contribution in [-0.4, -0.2) is 34.1 Å². The lowest BCUT2D eigenvalue weighted by atomic mass is 9.85. The van der Waals surface area contributed by atoms with Crippen molar-refractivity contribution >= 4 is 5.97 Å². The van der Waals surface area contributed by atoms with Gasteiger partial charge in [0.1, 0.15) is 11.6 Å². The van der Waals surface area contributed by atoms with Crippen molar-refractivity contribution < 1.29 is 27.4 Å². The summed E-state index contributed by atoms with van der Waals surface area (Å²) in [7, 11) is 1.41. The molecule has 4 rings (SSSR count). The van der Waals surface area contributed by atoms with Crippen molar-refractivity contribution in [1.29, 1.82) is 0 Å². The number of aromatic amines is 1. The van der Waals surface area contributed by atoms with E-state index in [1.165, 1.54) is 13.3 Å². The number of nitrogens with zero attached hydrogens (tertiary/aromatic N) is 2. The van der Waals surface area contributed by atoms with Gasteiger partial charge in [-0.05, 0) is 68.0 Å². The van der Waals surface area contributed by atoms with Gasteiger partial charge in [-0.1, -0.05) is 0 Å². The quantitative estimate of drug-likeness (QED) is 0.482. The van der Waals surface area contributed by atoms with Crippen LogP contribution in [0.2, 0.25) is 0 Å². The molecule has 33 heavy (non-hydrogen) atoms. The first-order valence-corrected chi connectivity index (χ1v) is 10.7. The normalized spacial score (nSPS) is 18.7. The molecule has 0 atom stereocenters. The smallest absolute Gasteiger partial charge is 0.434 e. The average Bonchev–Trinajstić information content (AvgIpc) is 3.32. The lowest BCUT2D eigenvalue weighted by Gasteiger charge is -2.28. The van der Waals surface area contributed by atoms with Crippen LogP contribution in [0.15, 0.2) is 48.8 Å². The standard InChI is InChI=1S/C24H24F3N3O3/c1-32-22(31)12-15-2-7-18(8-3-15)33-19-9-4-16(5-10-19)20-11-6-17(13-28-20)23-29-14-21(30-23)24(25,26)27/h4-6,9-11,13-15,18H,2-3,7-8,12H2,1H3,(H,29,30)/t15-,18-. The second-order valence-corrected chi connectivity index (χ2v) is 8.13. The molecule has 1 aliphatic carbocycles. The molecule has 0 unspecified atom stereocenters. The van der Waals surface area contributed by atoms with E-state index in [1.807, 2.05) is 24.3 Å². The van der Waals surface area contributed by atoms with E-state index in [4.69, 9.17) is 9.47 Å². The van der Waals surface area contributed by atoms with E-state index < -0.39 is 11.9 Å². The number of hydrogen-bond donors (Lipinski definition) is 1. The van der Waals surface area contributed by atoms with Gasteiger partial charge in [-0.15, -0.1) is 0 Å². The number of pyridine rings is 1. The molecule has 2 heterocycles. The third-order valence-electron chi connectivity index (χ3n) is 5.83. The van der Waals surface area contributed by atoms with Crippen LogP contribution in [-0.2, 0) is 15.7 Å². The maximum Gasteiger partial charge on any atom is 0.434 e. The number of alkyl halides is 3. The fraction of sp³-hybridized carbons (Fsp3) is 0.375. The fourth-order valence-corrected chi connectivity index (χ4v) is 3.99. The summed E-state index contributed by atoms with van der Waals surface area (Å²) in [5.41, 5.74) is 1.06. The van der Waals surface area contributed by atoms with E-state index in [1.54, 1.807) is 12.1 Å². The Morgan fingerprint density at radius 2 is 1.76 bits per heavy atom. The van der Waals surface area contributed by atoms with Gasteiger partial charge in [0.2, 0.25) is 0 Å². The average molecular weight is 459 g/mol. The Morgan fingerprint density at radius 1 is 1.06 bits per heavy atom. The number of aromatic nitrogens is 3. The van der Waals surface area contributed by atoms with Crippen molar-refractivity contribution in [2.24, 2.45) is 5.92 Å². The number of benzene rings is 1. The Hall–Kier alpha value is -3.36. The van der Waals surface area contributed by atoms with Crippen LogP contribution in [0.3, 0.4) is 0 Å². The maximum absolute atomic E-state index is 12.7. The first-order chi connectivity index (χ1) is 15.8. The zero-order valence-electron chi connectivity index (χ0n) is 18.1. The Labute approximate surface area is 189 Å². The lowest BCUT2D eigenvalue weighted by molar-refractivity contribution is -0.142. The fourth-order valence-electron chi connectivity index (χ4n) is 3.99. The minimum absolute atomic E-state index is 0.117. The molecule has 0 radical (unpaired) electrons. The highest BCUT2D eigenvalue weighted by atomic mass is 19.4. The van der Waals surface area contributed by atoms with E-state index in [2.05, 4.69) is 15.0 Å². The van der Waals surface area contributed by atoms with Gasteiger partial charge in [-0.3, -0.25) is 9.78 Å². The number of methoxy groups -OCH3 is 1. The van der Waals surface area contributed by atoms with Gasteiger partial charge in [0.25, 0.3) is 0 Å². The molecule has 0 aliphatic heterocycles. The van der Waals surface area contributed by atoms with Gasteiger partial charge in [0, 0.05) is 29.9 Å². The molecule has 0 amide bonds. The van der Waals surface area contributed by atoms with Gasteiger partial charge in [0.15, 0.2) is 5.69 Å². The van der Waals surface area contributed by atoms with Crippen molar-refractivity contribution in [3.63, 3.8) is 0 Å². The molecule has 1 aromatic carbocycles. The Morgan fingerprint density at radius 3 is 2.33 bits per heavy atom. The molecule has 1 fully saturated rings. The summed E-state index contributed by atoms with van der Waals surface area (Å²) in [5.74, 6) is 1.08. The predicted octanol–water partition coefficient (Wildman–Crippen LogP) is 5.66. The van der Waals surface area contributed by atoms with E-state index in [0.717, 1.165) is 43.2 Å². The van der Waals surface area contributed by atoms with Crippen molar-refractivity contribution in [2.45, 2.75) is 44.4 Å². The summed E-state index contributed by atoms with van der Waals surface area (Å²) in [6.45, 7) is 0. The van der Waals surface area contributed by atoms with Gasteiger partial charge in [-0.25, -0.2) is 4.98 Å². The Balaban J connectivity index is 1.34. The minimum atomic E-state index is -4.49. The summed E-state index contributed by atoms with van der Waals surface area (Å²) in [6, 6.07) is 11.0. The van der Waals surface area contributed by atoms with Crippen molar-refractivity contribution in [1.82, 2.24) is 15.0 Å². The summed E-state index contributed by atoms with van der Waals surface area (Å²) in [4.78, 5) is 21.9. The summed E-state index contributed by atoms with van der Waals surface area (Å²) in [6.07, 6.45) is 2.10. The lowest BCUT2D eigenvalue weighted by Crippen LogP contribution is -2.25. The summed E-state index contributed by atoms with van der Waals surface area (Å²) >= 11 is 0. The van der Waals surface area contributed by atoms with Gasteiger partial charge in [0.05, 0.1) is 18.9 Å². The molecule has 2 aromatic heterocycles. The van der Waals surface area contributed by atoms with E-state index >= 15 is 0 Å². The number of esters is 1. The van der Waals surface area contributed by atoms with E-state index in [9.17, 15) is 18.0 Å². The number of nitrogens with one attached hydrogen (secondary N) is 1. The first kappa shape index (κ1) is 22.8. The van der Waals surface area contributed by atoms with Crippen molar-refractivity contribution in [2.75, 3.05) is 7.11 Å². The van der Waals surface area contributed by atoms with Crippen LogP contribution in [0.4, 0.5) is 13.2 Å². The number of imidazole rings is 1. The molecular weight excluding hydrogens is 435 g/mol. The number of rotatable bonds is 6. The molecule has 0 bridgehead atoms. The predicted molar refractivity (Wildman–Crippen MR) is 115 cm³/mol. The highest BCUT2D eigenvalue weighted by Crippen LogP contribution is 2.32. The Kier molecular flexibility index (Phi) is 6.67. The third-order valence-corrected chi connectivity index (χ3v) is 5.83. The number of ether oxygens (including phenoxy) is 2. The molecule has 1 N–H and O–H groups in total. The number of H-pyrrole nitrogens is 1. The zero-order valence-corrected chi connectivity index (χ0v) is 18.1. The highest BCUT2D eigenvalue weighted by Gasteiger charge is 2.33. The van der Waals surface area contributed by atoms with Crippen LogP contribution in [0.1, 0.15) is 37.8 Å². The largest absolute Gasteiger partial charge is 0.490 e. The van der Waals surface area contributed by atoms with Gasteiger partial charge >= 0.3 is 12.1 Å². The van der Waals surface area contributed by atoms with Crippen LogP contribution >= 0.6 is 0 Å². The molecule has 0 saturated heterocycles. The second-order valence-electron chi connectivity index (χ2n) is 8.13. The second kappa shape index (κ2) is 9.64. The molecule has 9 heteroatoms. The van der Waals surface area contributed by atoms with Crippen LogP contribution in [0.25, 0.3) is 22.6 Å². The minimum Gasteiger partial charge on any atom is -0.490 e. The first-order valence-electron chi connectivity index (χ1n) is 10.7. The van der Waals surface area contributed by atoms with Crippen LogP contribution < -0.4 is 4.74 Å². The number of carbonyl (C=O) groups excluding carboxylic acids is 1. The molecule has 174 valence electrons. The van der Waals surface area contributed by atoms with Gasteiger partial charge in [-0.2, -0.15) is 13.2 Å². The summed E-state index contributed by atoms with van der Waals surface area (Å²) in [5, 5.41) is 0. The van der Waals surface area contributed by atoms with Gasteiger partial charge < -0.3 is 14.5 Å². The molecule has 3 aromatic rings. The van der Waals surface area contributed by atoms with E-state index in [0.29, 0.717) is 23.6 Å². The SMILES string of the molecule is COC(=O)C[C@H]1CC[C@H](Oc2ccc(-c3ccc(-c4nc(C(F)(F)F)c[nH]4)cn3)cc2)CC1. The molecule has 1 aliphatic rings. The molecule has 6 nitrogen and oxygen atoms in total. The summed E-state index contributed by atoms with van der Waals surface area (Å²) < 4.78 is 49.0. The third kappa shape index (κ3) is 5.71. The number of hydrogen-bond acceptors (Lipinski definition) is 5.